The van der Waals surface area contributed by atoms with E-state index in [-0.39, 0.29) is 5.91 Å². The van der Waals surface area contributed by atoms with Crippen LogP contribution in [-0.4, -0.2) is 56.8 Å². The van der Waals surface area contributed by atoms with E-state index in [1.165, 1.54) is 18.4 Å². The zero-order chi connectivity index (χ0) is 19.6. The summed E-state index contributed by atoms with van der Waals surface area (Å²) in [4.78, 5) is 15.5. The van der Waals surface area contributed by atoms with Crippen LogP contribution in [0.15, 0.2) is 18.2 Å². The molecule has 3 saturated heterocycles. The molecule has 5 nitrogen and oxygen atoms in total. The van der Waals surface area contributed by atoms with E-state index in [0.717, 1.165) is 94.8 Å². The third kappa shape index (κ3) is 4.61. The van der Waals surface area contributed by atoms with Crippen molar-refractivity contribution in [3.05, 3.63) is 29.3 Å². The molecule has 0 bridgehead atoms. The van der Waals surface area contributed by atoms with Crippen molar-refractivity contribution in [2.45, 2.75) is 44.4 Å². The number of carbonyl (C=O) groups is 1. The van der Waals surface area contributed by atoms with E-state index in [4.69, 9.17) is 9.47 Å². The number of nitrogens with zero attached hydrogens (tertiary/aromatic N) is 1. The molecule has 29 heavy (non-hydrogen) atoms. The molecule has 0 radical (unpaired) electrons. The van der Waals surface area contributed by atoms with Gasteiger partial charge in [0.15, 0.2) is 0 Å². The maximum absolute atomic E-state index is 13.4. The van der Waals surface area contributed by atoms with E-state index in [2.05, 4.69) is 22.3 Å². The maximum atomic E-state index is 13.4. The highest BCUT2D eigenvalue weighted by molar-refractivity contribution is 5.95. The number of carbonyl (C=O) groups excluding carboxylic acids is 1. The van der Waals surface area contributed by atoms with Gasteiger partial charge in [-0.25, -0.2) is 0 Å². The third-order valence-electron chi connectivity index (χ3n) is 7.36. The number of fused-ring (bicyclic) bond motifs is 1. The van der Waals surface area contributed by atoms with Crippen LogP contribution < -0.4 is 10.1 Å². The molecule has 5 rings (SSSR count). The van der Waals surface area contributed by atoms with Crippen molar-refractivity contribution in [1.82, 2.24) is 10.2 Å². The molecule has 4 fully saturated rings. The summed E-state index contributed by atoms with van der Waals surface area (Å²) >= 11 is 0. The molecule has 158 valence electrons. The molecule has 2 atom stereocenters. The van der Waals surface area contributed by atoms with Gasteiger partial charge in [-0.2, -0.15) is 0 Å². The van der Waals surface area contributed by atoms with Gasteiger partial charge in [0.25, 0.3) is 5.91 Å². The van der Waals surface area contributed by atoms with Gasteiger partial charge in [-0.15, -0.1) is 0 Å². The lowest BCUT2D eigenvalue weighted by Gasteiger charge is -2.23. The average Bonchev–Trinajstić information content (AvgIpc) is 3.56. The predicted molar refractivity (Wildman–Crippen MR) is 112 cm³/mol. The molecule has 1 aliphatic carbocycles. The molecule has 3 aliphatic heterocycles. The number of hydrogen-bond acceptors (Lipinski definition) is 4. The molecule has 1 saturated carbocycles. The Kier molecular flexibility index (Phi) is 5.78. The summed E-state index contributed by atoms with van der Waals surface area (Å²) in [5, 5.41) is 3.52. The second-order valence-corrected chi connectivity index (χ2v) is 9.48. The number of likely N-dealkylation sites (tertiary alicyclic amines) is 1. The van der Waals surface area contributed by atoms with Crippen LogP contribution in [0.25, 0.3) is 0 Å². The Morgan fingerprint density at radius 3 is 2.41 bits per heavy atom. The van der Waals surface area contributed by atoms with Gasteiger partial charge in [0, 0.05) is 31.9 Å². The van der Waals surface area contributed by atoms with Crippen molar-refractivity contribution < 1.29 is 14.3 Å². The van der Waals surface area contributed by atoms with Gasteiger partial charge in [-0.05, 0) is 99.0 Å². The molecule has 1 aromatic carbocycles. The molecule has 0 aromatic heterocycles. The lowest BCUT2D eigenvalue weighted by Crippen LogP contribution is -2.32. The quantitative estimate of drug-likeness (QED) is 0.826. The van der Waals surface area contributed by atoms with Crippen LogP contribution in [0.1, 0.15) is 60.4 Å². The zero-order valence-corrected chi connectivity index (χ0v) is 17.4. The molecule has 3 heterocycles. The molecule has 0 unspecified atom stereocenters. The van der Waals surface area contributed by atoms with E-state index in [0.29, 0.717) is 11.8 Å². The van der Waals surface area contributed by atoms with Gasteiger partial charge in [-0.3, -0.25) is 4.79 Å². The predicted octanol–water partition coefficient (Wildman–Crippen LogP) is 3.44. The first kappa shape index (κ1) is 19.4. The largest absolute Gasteiger partial charge is 0.493 e. The first-order chi connectivity index (χ1) is 14.3. The summed E-state index contributed by atoms with van der Waals surface area (Å²) in [6, 6.07) is 6.29. The van der Waals surface area contributed by atoms with E-state index < -0.39 is 0 Å². The normalized spacial score (nSPS) is 28.1. The highest BCUT2D eigenvalue weighted by atomic mass is 16.5. The van der Waals surface area contributed by atoms with Crippen LogP contribution in [0, 0.1) is 17.8 Å². The van der Waals surface area contributed by atoms with Gasteiger partial charge in [0.1, 0.15) is 5.75 Å². The lowest BCUT2D eigenvalue weighted by atomic mass is 9.92. The van der Waals surface area contributed by atoms with Crippen molar-refractivity contribution >= 4 is 5.91 Å². The monoisotopic (exact) mass is 398 g/mol. The Morgan fingerprint density at radius 2 is 1.72 bits per heavy atom. The Morgan fingerprint density at radius 1 is 1.00 bits per heavy atom. The number of nitrogens with one attached hydrogen (secondary N) is 1. The van der Waals surface area contributed by atoms with E-state index in [1.807, 2.05) is 6.07 Å². The summed E-state index contributed by atoms with van der Waals surface area (Å²) in [5.41, 5.74) is 2.11. The van der Waals surface area contributed by atoms with Crippen LogP contribution in [-0.2, 0) is 4.74 Å². The minimum atomic E-state index is 0.191. The van der Waals surface area contributed by atoms with E-state index in [9.17, 15) is 4.79 Å². The van der Waals surface area contributed by atoms with Crippen LogP contribution in [0.5, 0.6) is 5.75 Å². The fourth-order valence-corrected chi connectivity index (χ4v) is 5.21. The van der Waals surface area contributed by atoms with Crippen molar-refractivity contribution in [2.24, 2.45) is 17.8 Å². The van der Waals surface area contributed by atoms with Crippen LogP contribution in [0.2, 0.25) is 0 Å². The van der Waals surface area contributed by atoms with Crippen LogP contribution in [0.4, 0.5) is 0 Å². The van der Waals surface area contributed by atoms with Crippen LogP contribution >= 0.6 is 0 Å². The maximum Gasteiger partial charge on any atom is 0.253 e. The Labute approximate surface area is 174 Å². The van der Waals surface area contributed by atoms with Crippen molar-refractivity contribution in [1.29, 1.82) is 0 Å². The topological polar surface area (TPSA) is 50.8 Å². The molecule has 5 heteroatoms. The summed E-state index contributed by atoms with van der Waals surface area (Å²) in [5.74, 6) is 3.72. The minimum Gasteiger partial charge on any atom is -0.493 e. The van der Waals surface area contributed by atoms with Gasteiger partial charge >= 0.3 is 0 Å². The first-order valence-corrected chi connectivity index (χ1v) is 11.6. The molecule has 4 aliphatic rings. The Hall–Kier alpha value is -1.59. The second-order valence-electron chi connectivity index (χ2n) is 9.48. The zero-order valence-electron chi connectivity index (χ0n) is 17.4. The van der Waals surface area contributed by atoms with Gasteiger partial charge < -0.3 is 19.7 Å². The smallest absolute Gasteiger partial charge is 0.253 e. The summed E-state index contributed by atoms with van der Waals surface area (Å²) in [7, 11) is 0. The molecular weight excluding hydrogens is 364 g/mol. The Bertz CT molecular complexity index is 713. The number of amides is 1. The minimum absolute atomic E-state index is 0.191. The summed E-state index contributed by atoms with van der Waals surface area (Å²) in [6.45, 7) is 6.41. The molecular formula is C24H34N2O3. The fourth-order valence-electron chi connectivity index (χ4n) is 5.21. The molecule has 1 N–H and O–H groups in total. The van der Waals surface area contributed by atoms with Gasteiger partial charge in [0.2, 0.25) is 0 Å². The van der Waals surface area contributed by atoms with Crippen molar-refractivity contribution in [3.8, 4) is 5.75 Å². The van der Waals surface area contributed by atoms with Crippen molar-refractivity contribution in [3.63, 3.8) is 0 Å². The third-order valence-corrected chi connectivity index (χ3v) is 7.36. The number of hydrogen-bond donors (Lipinski definition) is 1. The standard InChI is InChI=1S/C24H34N2O3/c27-24(26-7-3-19-14-25-15-20(19)4-8-26)22-11-21(18-1-2-18)12-23(13-22)29-16-17-5-9-28-10-6-17/h11-13,17-20,25H,1-10,14-16H2/t19-,20+. The molecule has 1 amide bonds. The molecule has 0 spiro atoms. The van der Waals surface area contributed by atoms with Gasteiger partial charge in [-0.1, -0.05) is 0 Å². The van der Waals surface area contributed by atoms with Gasteiger partial charge in [0.05, 0.1) is 6.61 Å². The highest BCUT2D eigenvalue weighted by Gasteiger charge is 2.32. The first-order valence-electron chi connectivity index (χ1n) is 11.6. The van der Waals surface area contributed by atoms with E-state index >= 15 is 0 Å². The number of benzene rings is 1. The SMILES string of the molecule is O=C(c1cc(OCC2CCOCC2)cc(C2CC2)c1)N1CC[C@@H]2CNC[C@@H]2CC1. The molecule has 1 aromatic rings. The fraction of sp³-hybridized carbons (Fsp3) is 0.708. The number of ether oxygens (including phenoxy) is 2. The van der Waals surface area contributed by atoms with Crippen LogP contribution in [0.3, 0.4) is 0 Å². The highest BCUT2D eigenvalue weighted by Crippen LogP contribution is 2.42. The summed E-state index contributed by atoms with van der Waals surface area (Å²) in [6.07, 6.45) is 6.85. The lowest BCUT2D eigenvalue weighted by molar-refractivity contribution is 0.0497. The van der Waals surface area contributed by atoms with E-state index in [1.54, 1.807) is 0 Å². The Balaban J connectivity index is 1.29. The average molecular weight is 399 g/mol. The number of rotatable bonds is 5. The summed E-state index contributed by atoms with van der Waals surface area (Å²) < 4.78 is 11.6. The second kappa shape index (κ2) is 8.65. The van der Waals surface area contributed by atoms with Crippen molar-refractivity contribution in [2.75, 3.05) is 46.0 Å².